The molecule has 1 N–H and O–H groups in total. The zero-order valence-corrected chi connectivity index (χ0v) is 16.1. The smallest absolute Gasteiger partial charge is 0.241 e. The summed E-state index contributed by atoms with van der Waals surface area (Å²) in [5.74, 6) is -0.162. The van der Waals surface area contributed by atoms with Crippen molar-refractivity contribution in [2.24, 2.45) is 5.10 Å². The van der Waals surface area contributed by atoms with Crippen LogP contribution >= 0.6 is 0 Å². The standard InChI is InChI=1S/C23H21N5O/c1-17(18-11-13-20(14-12-18)19-7-3-2-4-8-19)24-26-23(29)15-16-28-22-10-6-5-9-21(22)25-27-28/h2-14H,15-16H2,1H3,(H,26,29)/b24-17+. The van der Waals surface area contributed by atoms with Gasteiger partial charge in [0.05, 0.1) is 17.8 Å². The van der Waals surface area contributed by atoms with Gasteiger partial charge < -0.3 is 0 Å². The number of hydrogen-bond donors (Lipinski definition) is 1. The van der Waals surface area contributed by atoms with Crippen molar-refractivity contribution in [3.05, 3.63) is 84.4 Å². The highest BCUT2D eigenvalue weighted by atomic mass is 16.2. The van der Waals surface area contributed by atoms with Crippen molar-refractivity contribution in [3.8, 4) is 11.1 Å². The average molecular weight is 383 g/mol. The van der Waals surface area contributed by atoms with Crippen molar-refractivity contribution >= 4 is 22.7 Å². The van der Waals surface area contributed by atoms with Crippen molar-refractivity contribution in [2.75, 3.05) is 0 Å². The van der Waals surface area contributed by atoms with Gasteiger partial charge in [0, 0.05) is 6.42 Å². The SMILES string of the molecule is C/C(=N\NC(=O)CCn1nnc2ccccc21)c1ccc(-c2ccccc2)cc1. The molecule has 0 aliphatic carbocycles. The molecular formula is C23H21N5O. The summed E-state index contributed by atoms with van der Waals surface area (Å²) in [4.78, 5) is 12.2. The Hall–Kier alpha value is -3.80. The summed E-state index contributed by atoms with van der Waals surface area (Å²) in [5.41, 5.74) is 8.39. The Balaban J connectivity index is 1.35. The molecule has 0 radical (unpaired) electrons. The lowest BCUT2D eigenvalue weighted by Gasteiger charge is -2.06. The minimum atomic E-state index is -0.162. The summed E-state index contributed by atoms with van der Waals surface area (Å²) in [6, 6.07) is 26.0. The molecule has 1 amide bonds. The Morgan fingerprint density at radius 1 is 0.931 bits per heavy atom. The second-order valence-corrected chi connectivity index (χ2v) is 6.73. The van der Waals surface area contributed by atoms with Gasteiger partial charge >= 0.3 is 0 Å². The molecule has 6 heteroatoms. The number of carbonyl (C=O) groups excluding carboxylic acids is 1. The number of nitrogens with zero attached hydrogens (tertiary/aromatic N) is 4. The van der Waals surface area contributed by atoms with Crippen LogP contribution in [0.3, 0.4) is 0 Å². The number of aromatic nitrogens is 3. The molecular weight excluding hydrogens is 362 g/mol. The van der Waals surface area contributed by atoms with E-state index >= 15 is 0 Å². The van der Waals surface area contributed by atoms with E-state index in [0.717, 1.165) is 27.9 Å². The average Bonchev–Trinajstić information content (AvgIpc) is 3.20. The number of para-hydroxylation sites is 1. The molecule has 0 atom stereocenters. The maximum absolute atomic E-state index is 12.2. The predicted molar refractivity (Wildman–Crippen MR) is 114 cm³/mol. The Bertz CT molecular complexity index is 1150. The summed E-state index contributed by atoms with van der Waals surface area (Å²) in [6.07, 6.45) is 0.275. The van der Waals surface area contributed by atoms with Crippen molar-refractivity contribution in [1.82, 2.24) is 20.4 Å². The predicted octanol–water partition coefficient (Wildman–Crippen LogP) is 4.03. The van der Waals surface area contributed by atoms with E-state index in [1.54, 1.807) is 4.68 Å². The summed E-state index contributed by atoms with van der Waals surface area (Å²) >= 11 is 0. The minimum Gasteiger partial charge on any atom is -0.273 e. The normalized spacial score (nSPS) is 11.6. The van der Waals surface area contributed by atoms with Crippen molar-refractivity contribution in [3.63, 3.8) is 0 Å². The Morgan fingerprint density at radius 3 is 2.41 bits per heavy atom. The highest BCUT2D eigenvalue weighted by Gasteiger charge is 2.07. The fourth-order valence-electron chi connectivity index (χ4n) is 3.09. The molecule has 29 heavy (non-hydrogen) atoms. The number of carbonyl (C=O) groups is 1. The highest BCUT2D eigenvalue weighted by Crippen LogP contribution is 2.19. The largest absolute Gasteiger partial charge is 0.273 e. The highest BCUT2D eigenvalue weighted by molar-refractivity contribution is 5.99. The van der Waals surface area contributed by atoms with Crippen molar-refractivity contribution in [2.45, 2.75) is 19.9 Å². The molecule has 4 rings (SSSR count). The molecule has 0 unspecified atom stereocenters. The zero-order chi connectivity index (χ0) is 20.1. The molecule has 6 nitrogen and oxygen atoms in total. The molecule has 1 heterocycles. The van der Waals surface area contributed by atoms with Crippen molar-refractivity contribution < 1.29 is 4.79 Å². The monoisotopic (exact) mass is 383 g/mol. The van der Waals surface area contributed by atoms with Crippen LogP contribution in [-0.4, -0.2) is 26.6 Å². The van der Waals surface area contributed by atoms with E-state index in [9.17, 15) is 4.79 Å². The lowest BCUT2D eigenvalue weighted by molar-refractivity contribution is -0.121. The van der Waals surface area contributed by atoms with E-state index in [2.05, 4.69) is 45.1 Å². The van der Waals surface area contributed by atoms with E-state index in [1.807, 2.05) is 61.5 Å². The van der Waals surface area contributed by atoms with Gasteiger partial charge in [0.2, 0.25) is 5.91 Å². The van der Waals surface area contributed by atoms with Crippen molar-refractivity contribution in [1.29, 1.82) is 0 Å². The fraction of sp³-hybridized carbons (Fsp3) is 0.130. The maximum Gasteiger partial charge on any atom is 0.241 e. The Morgan fingerprint density at radius 2 is 1.62 bits per heavy atom. The fourth-order valence-corrected chi connectivity index (χ4v) is 3.09. The summed E-state index contributed by atoms with van der Waals surface area (Å²) in [6.45, 7) is 2.33. The molecule has 0 saturated heterocycles. The van der Waals surface area contributed by atoms with Crippen LogP contribution in [0.1, 0.15) is 18.9 Å². The third kappa shape index (κ3) is 4.38. The quantitative estimate of drug-likeness (QED) is 0.404. The molecule has 0 spiro atoms. The van der Waals surface area contributed by atoms with Crippen LogP contribution in [0, 0.1) is 0 Å². The first-order chi connectivity index (χ1) is 14.2. The Kier molecular flexibility index (Phi) is 5.42. The molecule has 1 aromatic heterocycles. The van der Waals surface area contributed by atoms with E-state index in [4.69, 9.17) is 0 Å². The van der Waals surface area contributed by atoms with Gasteiger partial charge in [-0.1, -0.05) is 71.9 Å². The lowest BCUT2D eigenvalue weighted by atomic mass is 10.0. The van der Waals surface area contributed by atoms with E-state index in [-0.39, 0.29) is 12.3 Å². The topological polar surface area (TPSA) is 72.2 Å². The number of rotatable bonds is 6. The first-order valence-electron chi connectivity index (χ1n) is 9.48. The summed E-state index contributed by atoms with van der Waals surface area (Å²) in [5, 5.41) is 12.4. The first-order valence-corrected chi connectivity index (χ1v) is 9.48. The minimum absolute atomic E-state index is 0.162. The summed E-state index contributed by atoms with van der Waals surface area (Å²) in [7, 11) is 0. The van der Waals surface area contributed by atoms with E-state index in [0.29, 0.717) is 6.54 Å². The van der Waals surface area contributed by atoms with Gasteiger partial charge in [-0.15, -0.1) is 5.10 Å². The van der Waals surface area contributed by atoms with Crippen LogP contribution in [0.25, 0.3) is 22.2 Å². The van der Waals surface area contributed by atoms with Gasteiger partial charge in [0.15, 0.2) is 0 Å². The number of amides is 1. The van der Waals surface area contributed by atoms with Crippen LogP contribution in [0.15, 0.2) is 84.0 Å². The van der Waals surface area contributed by atoms with E-state index < -0.39 is 0 Å². The Labute approximate surface area is 168 Å². The first kappa shape index (κ1) is 18.6. The molecule has 144 valence electrons. The number of fused-ring (bicyclic) bond motifs is 1. The third-order valence-electron chi connectivity index (χ3n) is 4.73. The molecule has 0 fully saturated rings. The van der Waals surface area contributed by atoms with Crippen LogP contribution in [0.5, 0.6) is 0 Å². The zero-order valence-electron chi connectivity index (χ0n) is 16.1. The van der Waals surface area contributed by atoms with Gasteiger partial charge in [-0.25, -0.2) is 10.1 Å². The number of benzene rings is 3. The summed E-state index contributed by atoms with van der Waals surface area (Å²) < 4.78 is 1.73. The van der Waals surface area contributed by atoms with Gasteiger partial charge in [0.1, 0.15) is 5.52 Å². The number of hydrogen-bond acceptors (Lipinski definition) is 4. The molecule has 0 aliphatic rings. The van der Waals surface area contributed by atoms with E-state index in [1.165, 1.54) is 5.56 Å². The van der Waals surface area contributed by atoms with Gasteiger partial charge in [-0.05, 0) is 35.7 Å². The third-order valence-corrected chi connectivity index (χ3v) is 4.73. The maximum atomic E-state index is 12.2. The van der Waals surface area contributed by atoms with Crippen LogP contribution in [0.4, 0.5) is 0 Å². The van der Waals surface area contributed by atoms with Gasteiger partial charge in [-0.3, -0.25) is 4.79 Å². The second kappa shape index (κ2) is 8.48. The van der Waals surface area contributed by atoms with Gasteiger partial charge in [-0.2, -0.15) is 5.10 Å². The van der Waals surface area contributed by atoms with Gasteiger partial charge in [0.25, 0.3) is 0 Å². The molecule has 0 bridgehead atoms. The van der Waals surface area contributed by atoms with Crippen LogP contribution in [0.2, 0.25) is 0 Å². The second-order valence-electron chi connectivity index (χ2n) is 6.73. The molecule has 0 aliphatic heterocycles. The molecule has 0 saturated carbocycles. The number of aryl methyl sites for hydroxylation is 1. The van der Waals surface area contributed by atoms with Crippen LogP contribution < -0.4 is 5.43 Å². The molecule has 4 aromatic rings. The molecule has 3 aromatic carbocycles. The number of nitrogens with one attached hydrogen (secondary N) is 1. The lowest BCUT2D eigenvalue weighted by Crippen LogP contribution is -2.21. The van der Waals surface area contributed by atoms with Crippen LogP contribution in [-0.2, 0) is 11.3 Å². The number of hydrazone groups is 1.